The number of benzene rings is 2. The first-order valence-corrected chi connectivity index (χ1v) is 14.7. The Bertz CT molecular complexity index is 1590. The van der Waals surface area contributed by atoms with E-state index in [1.165, 1.54) is 29.2 Å². The molecule has 0 radical (unpaired) electrons. The number of carbonyl (C=O) groups excluding carboxylic acids is 1. The smallest absolute Gasteiger partial charge is 0.337 e. The SMILES string of the molecule is CCOc1ccc([C@H]2C(C(=O)OC)=CN=c3s/c(=C/c4cc(Br)c(OC(C)C)c(Br)c4)c(=O)n32)cc1OCC. The van der Waals surface area contributed by atoms with Crippen LogP contribution in [0.5, 0.6) is 17.2 Å². The lowest BCUT2D eigenvalue weighted by Crippen LogP contribution is -2.39. The van der Waals surface area contributed by atoms with Crippen molar-refractivity contribution in [2.45, 2.75) is 39.8 Å². The fourth-order valence-corrected chi connectivity index (χ4v) is 6.53. The first-order valence-electron chi connectivity index (χ1n) is 12.3. The molecule has 0 spiro atoms. The van der Waals surface area contributed by atoms with Crippen LogP contribution < -0.4 is 29.1 Å². The van der Waals surface area contributed by atoms with Crippen molar-refractivity contribution in [1.29, 1.82) is 0 Å². The van der Waals surface area contributed by atoms with Crippen molar-refractivity contribution in [3.63, 3.8) is 0 Å². The highest BCUT2D eigenvalue weighted by molar-refractivity contribution is 9.11. The van der Waals surface area contributed by atoms with E-state index in [0.29, 0.717) is 45.4 Å². The van der Waals surface area contributed by atoms with Gasteiger partial charge in [0.15, 0.2) is 16.3 Å². The highest BCUT2D eigenvalue weighted by Gasteiger charge is 2.31. The minimum absolute atomic E-state index is 0.00184. The maximum atomic E-state index is 13.8. The van der Waals surface area contributed by atoms with Crippen LogP contribution in [0.1, 0.15) is 44.9 Å². The van der Waals surface area contributed by atoms with Crippen molar-refractivity contribution < 1.29 is 23.7 Å². The molecule has 0 saturated heterocycles. The Morgan fingerprint density at radius 1 is 1.10 bits per heavy atom. The molecule has 0 unspecified atom stereocenters. The van der Waals surface area contributed by atoms with Gasteiger partial charge in [0.2, 0.25) is 0 Å². The van der Waals surface area contributed by atoms with Crippen molar-refractivity contribution in [2.75, 3.05) is 20.3 Å². The number of methoxy groups -OCH3 is 1. The second-order valence-corrected chi connectivity index (χ2v) is 11.4. The lowest BCUT2D eigenvalue weighted by molar-refractivity contribution is -0.136. The van der Waals surface area contributed by atoms with Gasteiger partial charge in [-0.1, -0.05) is 17.4 Å². The van der Waals surface area contributed by atoms with E-state index in [-0.39, 0.29) is 17.2 Å². The van der Waals surface area contributed by atoms with Crippen LogP contribution in [0.4, 0.5) is 0 Å². The second kappa shape index (κ2) is 12.5. The van der Waals surface area contributed by atoms with Crippen LogP contribution in [-0.2, 0) is 9.53 Å². The van der Waals surface area contributed by atoms with E-state index in [9.17, 15) is 9.59 Å². The topological polar surface area (TPSA) is 88.4 Å². The predicted molar refractivity (Wildman–Crippen MR) is 158 cm³/mol. The summed E-state index contributed by atoms with van der Waals surface area (Å²) < 4.78 is 25.9. The van der Waals surface area contributed by atoms with Crippen molar-refractivity contribution in [2.24, 2.45) is 4.99 Å². The fourth-order valence-electron chi connectivity index (χ4n) is 4.15. The average molecular weight is 680 g/mol. The third-order valence-corrected chi connectivity index (χ3v) is 7.86. The summed E-state index contributed by atoms with van der Waals surface area (Å²) in [7, 11) is 1.30. The van der Waals surface area contributed by atoms with E-state index in [0.717, 1.165) is 14.5 Å². The van der Waals surface area contributed by atoms with E-state index >= 15 is 0 Å². The minimum Gasteiger partial charge on any atom is -0.490 e. The van der Waals surface area contributed by atoms with Crippen LogP contribution in [0.15, 0.2) is 60.8 Å². The van der Waals surface area contributed by atoms with Gasteiger partial charge in [0, 0.05) is 6.20 Å². The summed E-state index contributed by atoms with van der Waals surface area (Å²) in [6, 6.07) is 8.41. The number of nitrogens with zero attached hydrogens (tertiary/aromatic N) is 2. The molecular weight excluding hydrogens is 652 g/mol. The van der Waals surface area contributed by atoms with Crippen LogP contribution in [0, 0.1) is 0 Å². The van der Waals surface area contributed by atoms with Gasteiger partial charge in [0.25, 0.3) is 5.56 Å². The number of esters is 1. The van der Waals surface area contributed by atoms with E-state index in [2.05, 4.69) is 36.9 Å². The lowest BCUT2D eigenvalue weighted by Gasteiger charge is -2.23. The first-order chi connectivity index (χ1) is 18.7. The molecule has 0 bridgehead atoms. The number of hydrogen-bond acceptors (Lipinski definition) is 8. The average Bonchev–Trinajstić information content (AvgIpc) is 3.21. The monoisotopic (exact) mass is 678 g/mol. The Morgan fingerprint density at radius 3 is 2.38 bits per heavy atom. The number of hydrogen-bond donors (Lipinski definition) is 0. The van der Waals surface area contributed by atoms with E-state index in [1.54, 1.807) is 18.2 Å². The molecule has 11 heteroatoms. The van der Waals surface area contributed by atoms with Gasteiger partial charge >= 0.3 is 5.97 Å². The maximum Gasteiger partial charge on any atom is 0.337 e. The normalized spacial score (nSPS) is 14.9. The standard InChI is InChI=1S/C28H28Br2N2O6S/c1-6-36-21-9-8-17(13-22(21)37-7-2)24-18(27(34)35-5)14-31-28-32(24)26(33)23(39-28)12-16-10-19(29)25(20(30)11-16)38-15(3)4/h8-15,24H,6-7H2,1-5H3/b23-12+/t24-/m0/s1. The molecule has 0 N–H and O–H groups in total. The quantitative estimate of drug-likeness (QED) is 0.292. The molecule has 0 fully saturated rings. The van der Waals surface area contributed by atoms with Gasteiger partial charge < -0.3 is 18.9 Å². The number of carbonyl (C=O) groups is 1. The molecule has 1 aliphatic heterocycles. The van der Waals surface area contributed by atoms with Crippen LogP contribution in [-0.4, -0.2) is 37.0 Å². The van der Waals surface area contributed by atoms with E-state index in [4.69, 9.17) is 18.9 Å². The van der Waals surface area contributed by atoms with Crippen LogP contribution in [0.3, 0.4) is 0 Å². The van der Waals surface area contributed by atoms with Gasteiger partial charge in [-0.3, -0.25) is 9.36 Å². The Morgan fingerprint density at radius 2 is 1.77 bits per heavy atom. The van der Waals surface area contributed by atoms with Gasteiger partial charge in [-0.05, 0) is 101 Å². The molecule has 2 heterocycles. The molecule has 1 atom stereocenters. The Hall–Kier alpha value is -2.89. The molecular formula is C28H28Br2N2O6S. The molecule has 1 aromatic heterocycles. The summed E-state index contributed by atoms with van der Waals surface area (Å²) >= 11 is 8.38. The summed E-state index contributed by atoms with van der Waals surface area (Å²) in [6.45, 7) is 8.57. The molecule has 0 amide bonds. The zero-order chi connectivity index (χ0) is 28.3. The highest BCUT2D eigenvalue weighted by atomic mass is 79.9. The Labute approximate surface area is 246 Å². The van der Waals surface area contributed by atoms with Crippen LogP contribution in [0.25, 0.3) is 6.08 Å². The minimum atomic E-state index is -0.758. The van der Waals surface area contributed by atoms with Gasteiger partial charge in [0.1, 0.15) is 5.75 Å². The molecule has 1 aliphatic rings. The lowest BCUT2D eigenvalue weighted by atomic mass is 9.97. The summed E-state index contributed by atoms with van der Waals surface area (Å²) in [5, 5.41) is 0. The summed E-state index contributed by atoms with van der Waals surface area (Å²) in [4.78, 5) is 31.5. The zero-order valence-corrected chi connectivity index (χ0v) is 26.1. The summed E-state index contributed by atoms with van der Waals surface area (Å²) in [6.07, 6.45) is 3.26. The molecule has 0 aliphatic carbocycles. The third-order valence-electron chi connectivity index (χ3n) is 5.68. The van der Waals surface area contributed by atoms with Gasteiger partial charge in [-0.2, -0.15) is 0 Å². The van der Waals surface area contributed by atoms with Gasteiger partial charge in [-0.25, -0.2) is 9.79 Å². The van der Waals surface area contributed by atoms with Crippen LogP contribution >= 0.6 is 43.2 Å². The second-order valence-electron chi connectivity index (χ2n) is 8.73. The summed E-state index contributed by atoms with van der Waals surface area (Å²) in [5.41, 5.74) is 1.42. The Kier molecular flexibility index (Phi) is 9.35. The predicted octanol–water partition coefficient (Wildman–Crippen LogP) is 5.13. The summed E-state index contributed by atoms with van der Waals surface area (Å²) in [5.74, 6) is 1.23. The fraction of sp³-hybridized carbons (Fsp3) is 0.321. The van der Waals surface area contributed by atoms with Crippen molar-refractivity contribution in [3.05, 3.63) is 81.9 Å². The largest absolute Gasteiger partial charge is 0.490 e. The Balaban J connectivity index is 1.87. The number of thiazole rings is 1. The molecule has 39 heavy (non-hydrogen) atoms. The number of ether oxygens (including phenoxy) is 4. The van der Waals surface area contributed by atoms with E-state index < -0.39 is 12.0 Å². The zero-order valence-electron chi connectivity index (χ0n) is 22.1. The van der Waals surface area contributed by atoms with Crippen molar-refractivity contribution in [1.82, 2.24) is 4.57 Å². The molecule has 2 aromatic carbocycles. The number of rotatable bonds is 9. The van der Waals surface area contributed by atoms with Crippen molar-refractivity contribution >= 4 is 55.2 Å². The maximum absolute atomic E-state index is 13.8. The van der Waals surface area contributed by atoms with Crippen molar-refractivity contribution in [3.8, 4) is 17.2 Å². The molecule has 8 nitrogen and oxygen atoms in total. The highest BCUT2D eigenvalue weighted by Crippen LogP contribution is 2.36. The third kappa shape index (κ3) is 6.15. The molecule has 206 valence electrons. The number of halogens is 2. The van der Waals surface area contributed by atoms with E-state index in [1.807, 2.05) is 45.9 Å². The molecule has 4 rings (SSSR count). The van der Waals surface area contributed by atoms with Gasteiger partial charge in [-0.15, -0.1) is 0 Å². The van der Waals surface area contributed by atoms with Gasteiger partial charge in [0.05, 0.1) is 51.5 Å². The van der Waals surface area contributed by atoms with Crippen LogP contribution in [0.2, 0.25) is 0 Å². The first kappa shape index (κ1) is 29.1. The number of aromatic nitrogens is 1. The number of fused-ring (bicyclic) bond motifs is 1. The molecule has 3 aromatic rings. The molecule has 0 saturated carbocycles.